The van der Waals surface area contributed by atoms with Gasteiger partial charge in [-0.3, -0.25) is 4.79 Å². The van der Waals surface area contributed by atoms with Crippen LogP contribution in [0.3, 0.4) is 0 Å². The molecule has 3 rings (SSSR count). The maximum absolute atomic E-state index is 12.4. The Morgan fingerprint density at radius 3 is 2.50 bits per heavy atom. The quantitative estimate of drug-likeness (QED) is 0.716. The van der Waals surface area contributed by atoms with Crippen molar-refractivity contribution in [2.75, 3.05) is 5.32 Å². The van der Waals surface area contributed by atoms with Gasteiger partial charge in [0.1, 0.15) is 0 Å². The Kier molecular flexibility index (Phi) is 3.52. The van der Waals surface area contributed by atoms with Gasteiger partial charge in [0.25, 0.3) is 5.91 Å². The van der Waals surface area contributed by atoms with Crippen LogP contribution in [0.25, 0.3) is 10.8 Å². The smallest absolute Gasteiger partial charge is 0.256 e. The van der Waals surface area contributed by atoms with E-state index < -0.39 is 0 Å². The predicted octanol–water partition coefficient (Wildman–Crippen LogP) is 4.85. The Labute approximate surface area is 125 Å². The van der Waals surface area contributed by atoms with E-state index >= 15 is 0 Å². The number of rotatable bonds is 2. The van der Waals surface area contributed by atoms with Crippen molar-refractivity contribution < 1.29 is 4.79 Å². The second-order valence-corrected chi connectivity index (χ2v) is 5.41. The molecule has 0 saturated heterocycles. The van der Waals surface area contributed by atoms with Gasteiger partial charge in [-0.2, -0.15) is 0 Å². The molecule has 0 aliphatic heterocycles. The van der Waals surface area contributed by atoms with E-state index in [1.165, 1.54) is 0 Å². The molecule has 0 heterocycles. The first kappa shape index (κ1) is 12.9. The van der Waals surface area contributed by atoms with E-state index in [9.17, 15) is 4.79 Å². The molecule has 0 aliphatic carbocycles. The van der Waals surface area contributed by atoms with E-state index in [1.807, 2.05) is 66.7 Å². The van der Waals surface area contributed by atoms with Crippen molar-refractivity contribution in [3.63, 3.8) is 0 Å². The fraction of sp³-hybridized carbons (Fsp3) is 0. The average Bonchev–Trinajstić information content (AvgIpc) is 2.46. The zero-order valence-electron chi connectivity index (χ0n) is 10.6. The number of hydrogen-bond acceptors (Lipinski definition) is 1. The molecule has 1 amide bonds. The molecule has 0 unspecified atom stereocenters. The second kappa shape index (κ2) is 5.47. The van der Waals surface area contributed by atoms with Gasteiger partial charge >= 0.3 is 0 Å². The number of carbonyl (C=O) groups excluding carboxylic acids is 1. The van der Waals surface area contributed by atoms with Gasteiger partial charge in [0.15, 0.2) is 0 Å². The first-order chi connectivity index (χ1) is 9.74. The van der Waals surface area contributed by atoms with Crippen LogP contribution in [-0.2, 0) is 0 Å². The molecule has 0 radical (unpaired) electrons. The molecule has 1 N–H and O–H groups in total. The molecule has 3 aromatic carbocycles. The van der Waals surface area contributed by atoms with Crippen molar-refractivity contribution in [2.45, 2.75) is 0 Å². The van der Waals surface area contributed by atoms with Crippen LogP contribution in [0.2, 0.25) is 0 Å². The van der Waals surface area contributed by atoms with Crippen LogP contribution >= 0.6 is 15.9 Å². The van der Waals surface area contributed by atoms with E-state index in [4.69, 9.17) is 0 Å². The summed E-state index contributed by atoms with van der Waals surface area (Å²) >= 11 is 3.40. The highest BCUT2D eigenvalue weighted by Crippen LogP contribution is 2.21. The lowest BCUT2D eigenvalue weighted by atomic mass is 10.0. The first-order valence-corrected chi connectivity index (χ1v) is 7.08. The number of halogens is 1. The van der Waals surface area contributed by atoms with Gasteiger partial charge in [0.05, 0.1) is 0 Å². The monoisotopic (exact) mass is 325 g/mol. The highest BCUT2D eigenvalue weighted by atomic mass is 79.9. The number of carbonyl (C=O) groups is 1. The second-order valence-electron chi connectivity index (χ2n) is 4.49. The summed E-state index contributed by atoms with van der Waals surface area (Å²) in [6, 6.07) is 21.2. The van der Waals surface area contributed by atoms with Crippen molar-refractivity contribution >= 4 is 38.3 Å². The fourth-order valence-corrected chi connectivity index (χ4v) is 2.59. The van der Waals surface area contributed by atoms with Gasteiger partial charge < -0.3 is 5.32 Å². The standard InChI is InChI=1S/C17H12BrNO/c18-13-7-4-8-14(11-13)19-17(20)16-10-3-6-12-5-1-2-9-15(12)16/h1-11H,(H,19,20). The molecule has 0 aromatic heterocycles. The van der Waals surface area contributed by atoms with Gasteiger partial charge in [-0.25, -0.2) is 0 Å². The van der Waals surface area contributed by atoms with Crippen LogP contribution in [-0.4, -0.2) is 5.91 Å². The minimum atomic E-state index is -0.0973. The lowest BCUT2D eigenvalue weighted by molar-refractivity contribution is 0.102. The summed E-state index contributed by atoms with van der Waals surface area (Å²) in [5, 5.41) is 4.95. The van der Waals surface area contributed by atoms with Crippen LogP contribution in [0.4, 0.5) is 5.69 Å². The topological polar surface area (TPSA) is 29.1 Å². The molecule has 2 nitrogen and oxygen atoms in total. The Morgan fingerprint density at radius 2 is 1.65 bits per heavy atom. The summed E-state index contributed by atoms with van der Waals surface area (Å²) in [7, 11) is 0. The van der Waals surface area contributed by atoms with E-state index in [1.54, 1.807) is 0 Å². The summed E-state index contributed by atoms with van der Waals surface area (Å²) in [4.78, 5) is 12.4. The third kappa shape index (κ3) is 2.58. The van der Waals surface area contributed by atoms with E-state index in [0.29, 0.717) is 5.56 Å². The summed E-state index contributed by atoms with van der Waals surface area (Å²) in [5.41, 5.74) is 1.46. The minimum absolute atomic E-state index is 0.0973. The first-order valence-electron chi connectivity index (χ1n) is 6.29. The zero-order chi connectivity index (χ0) is 13.9. The lowest BCUT2D eigenvalue weighted by Gasteiger charge is -2.08. The number of hydrogen-bond donors (Lipinski definition) is 1. The highest BCUT2D eigenvalue weighted by molar-refractivity contribution is 9.10. The van der Waals surface area contributed by atoms with E-state index in [0.717, 1.165) is 20.9 Å². The molecule has 0 aliphatic rings. The molecule has 98 valence electrons. The predicted molar refractivity (Wildman–Crippen MR) is 86.0 cm³/mol. The molecule has 0 atom stereocenters. The van der Waals surface area contributed by atoms with Crippen molar-refractivity contribution in [3.8, 4) is 0 Å². The number of amides is 1. The van der Waals surface area contributed by atoms with Crippen LogP contribution in [0.1, 0.15) is 10.4 Å². The van der Waals surface area contributed by atoms with Crippen LogP contribution < -0.4 is 5.32 Å². The molecule has 0 spiro atoms. The molecule has 0 saturated carbocycles. The average molecular weight is 326 g/mol. The maximum Gasteiger partial charge on any atom is 0.256 e. The van der Waals surface area contributed by atoms with Crippen LogP contribution in [0.15, 0.2) is 71.2 Å². The number of fused-ring (bicyclic) bond motifs is 1. The molecule has 3 aromatic rings. The van der Waals surface area contributed by atoms with Gasteiger partial charge in [0.2, 0.25) is 0 Å². The Balaban J connectivity index is 1.97. The largest absolute Gasteiger partial charge is 0.322 e. The Bertz CT molecular complexity index is 777. The third-order valence-electron chi connectivity index (χ3n) is 3.12. The van der Waals surface area contributed by atoms with Crippen molar-refractivity contribution in [3.05, 3.63) is 76.8 Å². The fourth-order valence-electron chi connectivity index (χ4n) is 2.19. The summed E-state index contributed by atoms with van der Waals surface area (Å²) in [6.07, 6.45) is 0. The molecular formula is C17H12BrNO. The number of benzene rings is 3. The minimum Gasteiger partial charge on any atom is -0.322 e. The zero-order valence-corrected chi connectivity index (χ0v) is 12.2. The summed E-state index contributed by atoms with van der Waals surface area (Å²) in [6.45, 7) is 0. The normalized spacial score (nSPS) is 10.4. The number of anilines is 1. The van der Waals surface area contributed by atoms with Gasteiger partial charge in [0, 0.05) is 15.7 Å². The van der Waals surface area contributed by atoms with Gasteiger partial charge in [-0.1, -0.05) is 58.4 Å². The van der Waals surface area contributed by atoms with E-state index in [-0.39, 0.29) is 5.91 Å². The van der Waals surface area contributed by atoms with Crippen LogP contribution in [0.5, 0.6) is 0 Å². The molecular weight excluding hydrogens is 314 g/mol. The SMILES string of the molecule is O=C(Nc1cccc(Br)c1)c1cccc2ccccc12. The summed E-state index contributed by atoms with van der Waals surface area (Å²) in [5.74, 6) is -0.0973. The van der Waals surface area contributed by atoms with Crippen molar-refractivity contribution in [2.24, 2.45) is 0 Å². The Hall–Kier alpha value is -2.13. The van der Waals surface area contributed by atoms with Gasteiger partial charge in [-0.05, 0) is 35.0 Å². The molecule has 0 fully saturated rings. The molecule has 20 heavy (non-hydrogen) atoms. The van der Waals surface area contributed by atoms with E-state index in [2.05, 4.69) is 21.2 Å². The molecule has 3 heteroatoms. The number of nitrogens with one attached hydrogen (secondary N) is 1. The lowest BCUT2D eigenvalue weighted by Crippen LogP contribution is -2.12. The molecule has 0 bridgehead atoms. The Morgan fingerprint density at radius 1 is 0.900 bits per heavy atom. The van der Waals surface area contributed by atoms with Crippen molar-refractivity contribution in [1.29, 1.82) is 0 Å². The van der Waals surface area contributed by atoms with Gasteiger partial charge in [-0.15, -0.1) is 0 Å². The summed E-state index contributed by atoms with van der Waals surface area (Å²) < 4.78 is 0.938. The highest BCUT2D eigenvalue weighted by Gasteiger charge is 2.09. The third-order valence-corrected chi connectivity index (χ3v) is 3.61. The van der Waals surface area contributed by atoms with Crippen LogP contribution in [0, 0.1) is 0 Å². The maximum atomic E-state index is 12.4. The van der Waals surface area contributed by atoms with Crippen molar-refractivity contribution in [1.82, 2.24) is 0 Å².